The minimum Gasteiger partial charge on any atom is -0.496 e. The molecule has 0 unspecified atom stereocenters. The van der Waals surface area contributed by atoms with Gasteiger partial charge in [-0.25, -0.2) is 0 Å². The summed E-state index contributed by atoms with van der Waals surface area (Å²) in [6.07, 6.45) is 1.37. The first-order chi connectivity index (χ1) is 7.74. The van der Waals surface area contributed by atoms with Crippen LogP contribution in [0.15, 0.2) is 18.2 Å². The molecular weight excluding hydrogens is 242 g/mol. The summed E-state index contributed by atoms with van der Waals surface area (Å²) in [7, 11) is 3.22. The Bertz CT molecular complexity index is 311. The molecule has 1 atom stereocenters. The van der Waals surface area contributed by atoms with E-state index in [1.165, 1.54) is 0 Å². The van der Waals surface area contributed by atoms with Crippen molar-refractivity contribution in [3.8, 4) is 11.5 Å². The van der Waals surface area contributed by atoms with Gasteiger partial charge in [-0.15, -0.1) is 12.4 Å². The number of rotatable bonds is 6. The molecule has 98 valence electrons. The van der Waals surface area contributed by atoms with Crippen molar-refractivity contribution < 1.29 is 14.6 Å². The molecule has 0 bridgehead atoms. The van der Waals surface area contributed by atoms with Crippen molar-refractivity contribution in [2.24, 2.45) is 5.73 Å². The van der Waals surface area contributed by atoms with Crippen LogP contribution in [-0.2, 0) is 0 Å². The highest BCUT2D eigenvalue weighted by atomic mass is 35.5. The molecule has 0 aliphatic heterocycles. The number of methoxy groups -OCH3 is 2. The highest BCUT2D eigenvalue weighted by Crippen LogP contribution is 2.34. The summed E-state index contributed by atoms with van der Waals surface area (Å²) in [5.41, 5.74) is 6.92. The maximum absolute atomic E-state index is 8.80. The van der Waals surface area contributed by atoms with Crippen LogP contribution in [0.2, 0.25) is 0 Å². The Hall–Kier alpha value is -0.970. The quantitative estimate of drug-likeness (QED) is 0.821. The van der Waals surface area contributed by atoms with Crippen molar-refractivity contribution in [3.05, 3.63) is 23.8 Å². The lowest BCUT2D eigenvalue weighted by Crippen LogP contribution is -2.13. The zero-order valence-corrected chi connectivity index (χ0v) is 11.0. The second-order valence-electron chi connectivity index (χ2n) is 3.55. The number of hydrogen-bond donors (Lipinski definition) is 2. The van der Waals surface area contributed by atoms with Gasteiger partial charge < -0.3 is 20.3 Å². The summed E-state index contributed by atoms with van der Waals surface area (Å²) in [4.78, 5) is 0. The van der Waals surface area contributed by atoms with Crippen molar-refractivity contribution in [3.63, 3.8) is 0 Å². The van der Waals surface area contributed by atoms with Crippen molar-refractivity contribution in [1.82, 2.24) is 0 Å². The van der Waals surface area contributed by atoms with Gasteiger partial charge in [-0.3, -0.25) is 0 Å². The fraction of sp³-hybridized carbons (Fsp3) is 0.500. The molecule has 0 aromatic heterocycles. The Balaban J connectivity index is 0.00000256. The molecule has 0 fully saturated rings. The molecule has 0 heterocycles. The Kier molecular flexibility index (Phi) is 7.70. The number of nitrogens with two attached hydrogens (primary N) is 1. The third kappa shape index (κ3) is 4.07. The zero-order chi connectivity index (χ0) is 12.0. The average Bonchev–Trinajstić information content (AvgIpc) is 2.34. The molecule has 5 heteroatoms. The van der Waals surface area contributed by atoms with Gasteiger partial charge in [-0.05, 0) is 25.0 Å². The number of aliphatic hydroxyl groups excluding tert-OH is 1. The van der Waals surface area contributed by atoms with E-state index in [4.69, 9.17) is 20.3 Å². The smallest absolute Gasteiger partial charge is 0.127 e. The molecule has 1 aromatic rings. The van der Waals surface area contributed by atoms with E-state index in [0.29, 0.717) is 12.8 Å². The minimum absolute atomic E-state index is 0. The van der Waals surface area contributed by atoms with E-state index in [2.05, 4.69) is 0 Å². The van der Waals surface area contributed by atoms with Gasteiger partial charge in [0, 0.05) is 12.6 Å². The van der Waals surface area contributed by atoms with Gasteiger partial charge >= 0.3 is 0 Å². The first-order valence-corrected chi connectivity index (χ1v) is 5.32. The first kappa shape index (κ1) is 16.0. The SMILES string of the molecule is COc1cccc(OC)c1[C@@H](N)CCCO.Cl. The van der Waals surface area contributed by atoms with Crippen LogP contribution in [0, 0.1) is 0 Å². The van der Waals surface area contributed by atoms with Crippen LogP contribution in [0.25, 0.3) is 0 Å². The van der Waals surface area contributed by atoms with E-state index in [1.54, 1.807) is 14.2 Å². The van der Waals surface area contributed by atoms with E-state index in [9.17, 15) is 0 Å². The second kappa shape index (κ2) is 8.17. The lowest BCUT2D eigenvalue weighted by Gasteiger charge is -2.18. The number of ether oxygens (including phenoxy) is 2. The van der Waals surface area contributed by atoms with Crippen molar-refractivity contribution in [2.75, 3.05) is 20.8 Å². The molecule has 0 aliphatic carbocycles. The summed E-state index contributed by atoms with van der Waals surface area (Å²) in [6.45, 7) is 0.144. The van der Waals surface area contributed by atoms with Crippen molar-refractivity contribution in [1.29, 1.82) is 0 Å². The normalized spacial score (nSPS) is 11.5. The minimum atomic E-state index is -0.182. The molecule has 3 N–H and O–H groups in total. The van der Waals surface area contributed by atoms with E-state index >= 15 is 0 Å². The number of halogens is 1. The van der Waals surface area contributed by atoms with Gasteiger partial charge in [0.25, 0.3) is 0 Å². The van der Waals surface area contributed by atoms with Crippen LogP contribution in [0.5, 0.6) is 11.5 Å². The van der Waals surface area contributed by atoms with Gasteiger partial charge in [-0.2, -0.15) is 0 Å². The highest BCUT2D eigenvalue weighted by molar-refractivity contribution is 5.85. The summed E-state index contributed by atoms with van der Waals surface area (Å²) in [5.74, 6) is 1.45. The van der Waals surface area contributed by atoms with Gasteiger partial charge in [0.05, 0.1) is 19.8 Å². The van der Waals surface area contributed by atoms with Gasteiger partial charge in [-0.1, -0.05) is 6.07 Å². The molecule has 0 saturated heterocycles. The van der Waals surface area contributed by atoms with E-state index in [-0.39, 0.29) is 25.1 Å². The Morgan fingerprint density at radius 3 is 2.18 bits per heavy atom. The topological polar surface area (TPSA) is 64.7 Å². The number of aliphatic hydroxyl groups is 1. The van der Waals surface area contributed by atoms with Crippen LogP contribution in [0.1, 0.15) is 24.4 Å². The summed E-state index contributed by atoms with van der Waals surface area (Å²) in [5, 5.41) is 8.80. The molecule has 0 radical (unpaired) electrons. The van der Waals surface area contributed by atoms with Crippen LogP contribution in [0.3, 0.4) is 0 Å². The molecule has 1 rings (SSSR count). The van der Waals surface area contributed by atoms with E-state index < -0.39 is 0 Å². The van der Waals surface area contributed by atoms with E-state index in [0.717, 1.165) is 17.1 Å². The predicted octanol–water partition coefficient (Wildman–Crippen LogP) is 1.90. The third-order valence-electron chi connectivity index (χ3n) is 2.51. The Morgan fingerprint density at radius 2 is 1.76 bits per heavy atom. The standard InChI is InChI=1S/C12H19NO3.ClH/c1-15-10-6-3-7-11(16-2)12(10)9(13)5-4-8-14;/h3,6-7,9,14H,4-5,8,13H2,1-2H3;1H/t9-;/m0./s1. The monoisotopic (exact) mass is 261 g/mol. The largest absolute Gasteiger partial charge is 0.496 e. The lowest BCUT2D eigenvalue weighted by molar-refractivity contribution is 0.278. The fourth-order valence-electron chi connectivity index (χ4n) is 1.70. The molecule has 17 heavy (non-hydrogen) atoms. The van der Waals surface area contributed by atoms with Crippen LogP contribution in [-0.4, -0.2) is 25.9 Å². The van der Waals surface area contributed by atoms with Gasteiger partial charge in [0.2, 0.25) is 0 Å². The maximum Gasteiger partial charge on any atom is 0.127 e. The first-order valence-electron chi connectivity index (χ1n) is 5.32. The predicted molar refractivity (Wildman–Crippen MR) is 70.0 cm³/mol. The molecule has 0 amide bonds. The second-order valence-corrected chi connectivity index (χ2v) is 3.55. The van der Waals surface area contributed by atoms with Crippen LogP contribution >= 0.6 is 12.4 Å². The average molecular weight is 262 g/mol. The molecular formula is C12H20ClNO3. The number of benzene rings is 1. The zero-order valence-electron chi connectivity index (χ0n) is 10.2. The molecule has 1 aromatic carbocycles. The third-order valence-corrected chi connectivity index (χ3v) is 2.51. The Morgan fingerprint density at radius 1 is 1.24 bits per heavy atom. The number of hydrogen-bond acceptors (Lipinski definition) is 4. The lowest BCUT2D eigenvalue weighted by atomic mass is 10.0. The molecule has 4 nitrogen and oxygen atoms in total. The van der Waals surface area contributed by atoms with Crippen LogP contribution < -0.4 is 15.2 Å². The van der Waals surface area contributed by atoms with Gasteiger partial charge in [0.1, 0.15) is 11.5 Å². The summed E-state index contributed by atoms with van der Waals surface area (Å²) < 4.78 is 10.5. The molecule has 0 saturated carbocycles. The van der Waals surface area contributed by atoms with Crippen LogP contribution in [0.4, 0.5) is 0 Å². The fourth-order valence-corrected chi connectivity index (χ4v) is 1.70. The van der Waals surface area contributed by atoms with Gasteiger partial charge in [0.15, 0.2) is 0 Å². The highest BCUT2D eigenvalue weighted by Gasteiger charge is 2.16. The Labute approximate surface area is 108 Å². The maximum atomic E-state index is 8.80. The van der Waals surface area contributed by atoms with Crippen molar-refractivity contribution in [2.45, 2.75) is 18.9 Å². The molecule has 0 spiro atoms. The summed E-state index contributed by atoms with van der Waals surface area (Å²) in [6, 6.07) is 5.39. The van der Waals surface area contributed by atoms with Crippen molar-refractivity contribution >= 4 is 12.4 Å². The summed E-state index contributed by atoms with van der Waals surface area (Å²) >= 11 is 0. The van der Waals surface area contributed by atoms with E-state index in [1.807, 2.05) is 18.2 Å². The molecule has 0 aliphatic rings.